The van der Waals surface area contributed by atoms with Gasteiger partial charge in [-0.15, -0.1) is 0 Å². The number of nitrogens with zero attached hydrogens (tertiary/aromatic N) is 1. The molecule has 114 valence electrons. The molecule has 0 spiro atoms. The molecule has 0 saturated carbocycles. The van der Waals surface area contributed by atoms with Crippen LogP contribution < -0.4 is 4.72 Å². The first-order chi connectivity index (χ1) is 8.95. The van der Waals surface area contributed by atoms with Crippen LogP contribution in [0.1, 0.15) is 20.3 Å². The molecule has 2 unspecified atom stereocenters. The van der Waals surface area contributed by atoms with Gasteiger partial charge >= 0.3 is 0 Å². The fourth-order valence-corrected chi connectivity index (χ4v) is 3.36. The number of hydrogen-bond acceptors (Lipinski definition) is 5. The summed E-state index contributed by atoms with van der Waals surface area (Å²) in [5, 5.41) is 8.52. The van der Waals surface area contributed by atoms with Crippen molar-refractivity contribution in [2.45, 2.75) is 32.5 Å². The Kier molecular flexibility index (Phi) is 7.19. The molecule has 0 aliphatic carbocycles. The van der Waals surface area contributed by atoms with Crippen molar-refractivity contribution in [3.05, 3.63) is 0 Å². The Bertz CT molecular complexity index is 339. The molecule has 0 aromatic rings. The van der Waals surface area contributed by atoms with Crippen LogP contribution in [0.2, 0.25) is 0 Å². The van der Waals surface area contributed by atoms with Crippen molar-refractivity contribution in [1.29, 1.82) is 0 Å². The van der Waals surface area contributed by atoms with Crippen LogP contribution in [0.5, 0.6) is 0 Å². The fourth-order valence-electron chi connectivity index (χ4n) is 1.96. The molecule has 0 bridgehead atoms. The van der Waals surface area contributed by atoms with E-state index in [-0.39, 0.29) is 25.4 Å². The second kappa shape index (κ2) is 8.13. The van der Waals surface area contributed by atoms with E-state index in [9.17, 15) is 8.42 Å². The topological polar surface area (TPSA) is 88.1 Å². The Morgan fingerprint density at radius 1 is 1.32 bits per heavy atom. The first-order valence-electron chi connectivity index (χ1n) is 6.54. The van der Waals surface area contributed by atoms with Crippen molar-refractivity contribution >= 4 is 10.2 Å². The molecule has 0 amide bonds. The maximum absolute atomic E-state index is 12.0. The average Bonchev–Trinajstić information content (AvgIpc) is 2.32. The van der Waals surface area contributed by atoms with Gasteiger partial charge in [-0.1, -0.05) is 0 Å². The van der Waals surface area contributed by atoms with E-state index >= 15 is 0 Å². The number of ether oxygens (including phenoxy) is 2. The maximum atomic E-state index is 12.0. The van der Waals surface area contributed by atoms with Crippen LogP contribution in [-0.4, -0.2) is 69.5 Å². The molecule has 8 heteroatoms. The number of rotatable bonds is 8. The van der Waals surface area contributed by atoms with Crippen LogP contribution in [0.25, 0.3) is 0 Å². The molecule has 19 heavy (non-hydrogen) atoms. The van der Waals surface area contributed by atoms with Crippen LogP contribution in [-0.2, 0) is 19.7 Å². The highest BCUT2D eigenvalue weighted by Crippen LogP contribution is 2.13. The van der Waals surface area contributed by atoms with Gasteiger partial charge in [0.25, 0.3) is 10.2 Å². The summed E-state index contributed by atoms with van der Waals surface area (Å²) in [5.41, 5.74) is 0. The Morgan fingerprint density at radius 2 is 1.95 bits per heavy atom. The first kappa shape index (κ1) is 16.8. The summed E-state index contributed by atoms with van der Waals surface area (Å²) in [5.74, 6) is 0. The first-order valence-corrected chi connectivity index (χ1v) is 7.98. The highest BCUT2D eigenvalue weighted by molar-refractivity contribution is 7.87. The Balaban J connectivity index is 2.30. The molecular formula is C11H24N2O5S. The molecule has 1 saturated heterocycles. The summed E-state index contributed by atoms with van der Waals surface area (Å²) in [6.45, 7) is 5.50. The Morgan fingerprint density at radius 3 is 2.53 bits per heavy atom. The third kappa shape index (κ3) is 6.15. The highest BCUT2D eigenvalue weighted by atomic mass is 32.2. The van der Waals surface area contributed by atoms with Gasteiger partial charge in [0.1, 0.15) is 0 Å². The van der Waals surface area contributed by atoms with Gasteiger partial charge < -0.3 is 14.6 Å². The van der Waals surface area contributed by atoms with Gasteiger partial charge in [0.2, 0.25) is 0 Å². The van der Waals surface area contributed by atoms with Gasteiger partial charge in [-0.3, -0.25) is 0 Å². The van der Waals surface area contributed by atoms with E-state index < -0.39 is 10.2 Å². The summed E-state index contributed by atoms with van der Waals surface area (Å²) in [4.78, 5) is 0. The lowest BCUT2D eigenvalue weighted by molar-refractivity contribution is -0.0444. The predicted molar refractivity (Wildman–Crippen MR) is 71.0 cm³/mol. The molecule has 1 rings (SSSR count). The molecule has 2 atom stereocenters. The summed E-state index contributed by atoms with van der Waals surface area (Å²) in [6.07, 6.45) is 0.399. The summed E-state index contributed by atoms with van der Waals surface area (Å²) < 4.78 is 38.6. The fraction of sp³-hybridized carbons (Fsp3) is 1.00. The van der Waals surface area contributed by atoms with E-state index in [1.807, 2.05) is 13.8 Å². The highest BCUT2D eigenvalue weighted by Gasteiger charge is 2.30. The Hall–Kier alpha value is -0.250. The van der Waals surface area contributed by atoms with Crippen LogP contribution in [0, 0.1) is 0 Å². The Labute approximate surface area is 115 Å². The number of aliphatic hydroxyl groups is 1. The van der Waals surface area contributed by atoms with Gasteiger partial charge in [-0.2, -0.15) is 12.7 Å². The molecule has 1 aliphatic rings. The molecule has 1 fully saturated rings. The second-order valence-electron chi connectivity index (χ2n) is 4.66. The lowest BCUT2D eigenvalue weighted by Gasteiger charge is -2.34. The molecule has 7 nitrogen and oxygen atoms in total. The molecule has 2 N–H and O–H groups in total. The predicted octanol–water partition coefficient (Wildman–Crippen LogP) is -0.671. The van der Waals surface area contributed by atoms with Gasteiger partial charge in [0, 0.05) is 26.2 Å². The standard InChI is InChI=1S/C11H24N2O5S/c1-10-8-13(9-11(2)18-10)19(15,16)12-4-3-6-17-7-5-14/h10-12,14H,3-9H2,1-2H3. The third-order valence-electron chi connectivity index (χ3n) is 2.71. The molecule has 1 aliphatic heterocycles. The minimum atomic E-state index is -3.44. The van der Waals surface area contributed by atoms with E-state index in [0.717, 1.165) is 0 Å². The number of nitrogens with one attached hydrogen (secondary N) is 1. The van der Waals surface area contributed by atoms with Gasteiger partial charge in [-0.05, 0) is 20.3 Å². The second-order valence-corrected chi connectivity index (χ2v) is 6.42. The molecule has 1 heterocycles. The van der Waals surface area contributed by atoms with Crippen molar-refractivity contribution in [3.8, 4) is 0 Å². The van der Waals surface area contributed by atoms with Gasteiger partial charge in [-0.25, -0.2) is 4.72 Å². The smallest absolute Gasteiger partial charge is 0.279 e. The SMILES string of the molecule is CC1CN(S(=O)(=O)NCCCOCCO)CC(C)O1. The number of hydrogen-bond donors (Lipinski definition) is 2. The quantitative estimate of drug-likeness (QED) is 0.580. The van der Waals surface area contributed by atoms with Gasteiger partial charge in [0.05, 0.1) is 25.4 Å². The zero-order valence-electron chi connectivity index (χ0n) is 11.5. The van der Waals surface area contributed by atoms with E-state index in [1.165, 1.54) is 4.31 Å². The lowest BCUT2D eigenvalue weighted by atomic mass is 10.3. The monoisotopic (exact) mass is 296 g/mol. The van der Waals surface area contributed by atoms with Gasteiger partial charge in [0.15, 0.2) is 0 Å². The zero-order chi connectivity index (χ0) is 14.3. The van der Waals surface area contributed by atoms with Crippen molar-refractivity contribution in [2.75, 3.05) is 39.5 Å². The van der Waals surface area contributed by atoms with Crippen molar-refractivity contribution in [1.82, 2.24) is 9.03 Å². The summed E-state index contributed by atoms with van der Waals surface area (Å²) >= 11 is 0. The summed E-state index contributed by atoms with van der Waals surface area (Å²) in [6, 6.07) is 0. The lowest BCUT2D eigenvalue weighted by Crippen LogP contribution is -2.52. The van der Waals surface area contributed by atoms with Crippen molar-refractivity contribution in [2.24, 2.45) is 0 Å². The number of morpholine rings is 1. The number of aliphatic hydroxyl groups excluding tert-OH is 1. The summed E-state index contributed by atoms with van der Waals surface area (Å²) in [7, 11) is -3.44. The third-order valence-corrected chi connectivity index (χ3v) is 4.26. The van der Waals surface area contributed by atoms with Crippen LogP contribution in [0.4, 0.5) is 0 Å². The van der Waals surface area contributed by atoms with Crippen molar-refractivity contribution in [3.63, 3.8) is 0 Å². The van der Waals surface area contributed by atoms with Crippen LogP contribution in [0.3, 0.4) is 0 Å². The maximum Gasteiger partial charge on any atom is 0.279 e. The average molecular weight is 296 g/mol. The minimum Gasteiger partial charge on any atom is -0.394 e. The molecule has 0 aromatic heterocycles. The van der Waals surface area contributed by atoms with Crippen LogP contribution >= 0.6 is 0 Å². The van der Waals surface area contributed by atoms with E-state index in [0.29, 0.717) is 32.7 Å². The van der Waals surface area contributed by atoms with E-state index in [1.54, 1.807) is 0 Å². The normalized spacial score (nSPS) is 25.6. The molecule has 0 radical (unpaired) electrons. The molecular weight excluding hydrogens is 272 g/mol. The van der Waals surface area contributed by atoms with E-state index in [2.05, 4.69) is 4.72 Å². The van der Waals surface area contributed by atoms with Crippen molar-refractivity contribution < 1.29 is 23.0 Å². The molecule has 0 aromatic carbocycles. The zero-order valence-corrected chi connectivity index (χ0v) is 12.4. The van der Waals surface area contributed by atoms with E-state index in [4.69, 9.17) is 14.6 Å². The van der Waals surface area contributed by atoms with Crippen LogP contribution in [0.15, 0.2) is 0 Å². The minimum absolute atomic E-state index is 0.0186. The largest absolute Gasteiger partial charge is 0.394 e.